The molecule has 2 aliphatic rings. The fourth-order valence-corrected chi connectivity index (χ4v) is 2.41. The highest BCUT2D eigenvalue weighted by Crippen LogP contribution is 2.31. The smallest absolute Gasteiger partial charge is 0.188 e. The summed E-state index contributed by atoms with van der Waals surface area (Å²) in [6.45, 7) is 2.53. The Labute approximate surface area is 100 Å². The number of benzene rings is 1. The molecule has 90 valence electrons. The first-order valence-corrected chi connectivity index (χ1v) is 6.03. The molecule has 1 aromatic rings. The molecule has 0 spiro atoms. The Hall–Kier alpha value is -1.55. The van der Waals surface area contributed by atoms with Crippen molar-refractivity contribution in [1.29, 1.82) is 0 Å². The molecule has 1 saturated heterocycles. The average molecular weight is 232 g/mol. The van der Waals surface area contributed by atoms with Crippen LogP contribution in [0.1, 0.15) is 18.0 Å². The molecule has 0 saturated carbocycles. The Morgan fingerprint density at radius 1 is 1.35 bits per heavy atom. The number of aliphatic imine (C=N–C) groups is 1. The number of aromatic hydroxyl groups is 1. The molecule has 0 aliphatic carbocycles. The van der Waals surface area contributed by atoms with Crippen molar-refractivity contribution in [2.75, 3.05) is 19.7 Å². The van der Waals surface area contributed by atoms with Crippen LogP contribution in [0, 0.1) is 5.92 Å². The summed E-state index contributed by atoms with van der Waals surface area (Å²) in [6, 6.07) is 7.29. The van der Waals surface area contributed by atoms with Crippen LogP contribution in [0.5, 0.6) is 5.75 Å². The quantitative estimate of drug-likeness (QED) is 0.812. The Morgan fingerprint density at radius 3 is 3.00 bits per heavy atom. The van der Waals surface area contributed by atoms with Crippen molar-refractivity contribution < 1.29 is 9.84 Å². The Bertz CT molecular complexity index is 439. The number of nitrogens with zero attached hydrogens (tertiary/aromatic N) is 1. The third kappa shape index (κ3) is 2.00. The fourth-order valence-electron chi connectivity index (χ4n) is 2.41. The van der Waals surface area contributed by atoms with E-state index < -0.39 is 0 Å². The summed E-state index contributed by atoms with van der Waals surface area (Å²) in [5.41, 5.74) is 0.855. The summed E-state index contributed by atoms with van der Waals surface area (Å²) in [5.74, 6) is 1.56. The number of hydrogen-bond donors (Lipinski definition) is 2. The third-order valence-corrected chi connectivity index (χ3v) is 3.38. The average Bonchev–Trinajstić information content (AvgIpc) is 3.00. The molecule has 2 unspecified atom stereocenters. The zero-order valence-electron chi connectivity index (χ0n) is 9.60. The molecule has 3 rings (SSSR count). The van der Waals surface area contributed by atoms with Crippen molar-refractivity contribution in [2.24, 2.45) is 10.9 Å². The third-order valence-electron chi connectivity index (χ3n) is 3.38. The van der Waals surface area contributed by atoms with Crippen LogP contribution in [0.2, 0.25) is 0 Å². The number of phenols is 1. The van der Waals surface area contributed by atoms with Crippen molar-refractivity contribution in [3.63, 3.8) is 0 Å². The van der Waals surface area contributed by atoms with Gasteiger partial charge in [0.15, 0.2) is 5.90 Å². The van der Waals surface area contributed by atoms with Gasteiger partial charge in [-0.05, 0) is 19.0 Å². The lowest BCUT2D eigenvalue weighted by atomic mass is 10.1. The summed E-state index contributed by atoms with van der Waals surface area (Å²) in [4.78, 5) is 4.60. The maximum absolute atomic E-state index is 9.79. The van der Waals surface area contributed by atoms with Gasteiger partial charge in [-0.1, -0.05) is 18.2 Å². The van der Waals surface area contributed by atoms with Gasteiger partial charge >= 0.3 is 0 Å². The standard InChI is InChI=1S/C13H16N2O2/c16-12-4-2-1-3-10(12)11-8-17-13(15-11)9-5-6-14-7-9/h1-4,9,11,14,16H,5-8H2. The van der Waals surface area contributed by atoms with Crippen LogP contribution in [-0.4, -0.2) is 30.7 Å². The summed E-state index contributed by atoms with van der Waals surface area (Å²) in [7, 11) is 0. The second-order valence-electron chi connectivity index (χ2n) is 4.54. The topological polar surface area (TPSA) is 53.9 Å². The van der Waals surface area contributed by atoms with Gasteiger partial charge in [0, 0.05) is 18.0 Å². The number of phenolic OH excluding ortho intramolecular Hbond substituents is 1. The monoisotopic (exact) mass is 232 g/mol. The van der Waals surface area contributed by atoms with Gasteiger partial charge in [-0.2, -0.15) is 0 Å². The van der Waals surface area contributed by atoms with E-state index in [0.717, 1.165) is 31.0 Å². The largest absolute Gasteiger partial charge is 0.508 e. The normalized spacial score (nSPS) is 27.9. The lowest BCUT2D eigenvalue weighted by Crippen LogP contribution is -2.17. The number of para-hydroxylation sites is 1. The van der Waals surface area contributed by atoms with Gasteiger partial charge in [0.1, 0.15) is 18.4 Å². The molecule has 2 aliphatic heterocycles. The minimum Gasteiger partial charge on any atom is -0.508 e. The molecule has 4 heteroatoms. The van der Waals surface area contributed by atoms with E-state index >= 15 is 0 Å². The first kappa shape index (κ1) is 10.6. The first-order chi connectivity index (χ1) is 8.34. The predicted octanol–water partition coefficient (Wildman–Crippen LogP) is 1.47. The molecule has 0 radical (unpaired) electrons. The Morgan fingerprint density at radius 2 is 2.24 bits per heavy atom. The van der Waals surface area contributed by atoms with Crippen molar-refractivity contribution in [3.8, 4) is 5.75 Å². The van der Waals surface area contributed by atoms with Gasteiger partial charge in [-0.25, -0.2) is 4.99 Å². The highest BCUT2D eigenvalue weighted by atomic mass is 16.5. The van der Waals surface area contributed by atoms with Gasteiger partial charge in [0.25, 0.3) is 0 Å². The van der Waals surface area contributed by atoms with Crippen LogP contribution in [-0.2, 0) is 4.74 Å². The van der Waals surface area contributed by atoms with Gasteiger partial charge in [-0.3, -0.25) is 0 Å². The van der Waals surface area contributed by atoms with Crippen LogP contribution in [0.3, 0.4) is 0 Å². The van der Waals surface area contributed by atoms with Crippen LogP contribution < -0.4 is 5.32 Å². The van der Waals surface area contributed by atoms with Crippen molar-refractivity contribution >= 4 is 5.90 Å². The molecular weight excluding hydrogens is 216 g/mol. The van der Waals surface area contributed by atoms with Crippen LogP contribution in [0.4, 0.5) is 0 Å². The van der Waals surface area contributed by atoms with E-state index in [1.807, 2.05) is 18.2 Å². The van der Waals surface area contributed by atoms with E-state index in [2.05, 4.69) is 10.3 Å². The molecule has 2 heterocycles. The predicted molar refractivity (Wildman–Crippen MR) is 65.2 cm³/mol. The highest BCUT2D eigenvalue weighted by molar-refractivity contribution is 5.81. The Balaban J connectivity index is 1.80. The minimum absolute atomic E-state index is 0.0493. The molecule has 17 heavy (non-hydrogen) atoms. The van der Waals surface area contributed by atoms with Crippen LogP contribution >= 0.6 is 0 Å². The lowest BCUT2D eigenvalue weighted by molar-refractivity contribution is 0.298. The van der Waals surface area contributed by atoms with E-state index in [-0.39, 0.29) is 6.04 Å². The molecule has 0 amide bonds. The molecule has 2 atom stereocenters. The minimum atomic E-state index is -0.0493. The SMILES string of the molecule is Oc1ccccc1C1COC(C2CCNC2)=N1. The molecule has 0 aromatic heterocycles. The second-order valence-corrected chi connectivity index (χ2v) is 4.54. The molecular formula is C13H16N2O2. The number of hydrogen-bond acceptors (Lipinski definition) is 4. The maximum Gasteiger partial charge on any atom is 0.188 e. The molecule has 4 nitrogen and oxygen atoms in total. The lowest BCUT2D eigenvalue weighted by Gasteiger charge is -2.06. The van der Waals surface area contributed by atoms with E-state index in [4.69, 9.17) is 4.74 Å². The van der Waals surface area contributed by atoms with E-state index in [1.165, 1.54) is 0 Å². The summed E-state index contributed by atoms with van der Waals surface area (Å²) in [6.07, 6.45) is 1.09. The van der Waals surface area contributed by atoms with E-state index in [9.17, 15) is 5.11 Å². The summed E-state index contributed by atoms with van der Waals surface area (Å²) >= 11 is 0. The highest BCUT2D eigenvalue weighted by Gasteiger charge is 2.29. The number of nitrogens with one attached hydrogen (secondary N) is 1. The summed E-state index contributed by atoms with van der Waals surface area (Å²) in [5, 5.41) is 13.1. The molecule has 0 bridgehead atoms. The second kappa shape index (κ2) is 4.37. The van der Waals surface area contributed by atoms with Crippen LogP contribution in [0.15, 0.2) is 29.3 Å². The summed E-state index contributed by atoms with van der Waals surface area (Å²) < 4.78 is 5.66. The van der Waals surface area contributed by atoms with Gasteiger partial charge in [0.2, 0.25) is 0 Å². The molecule has 2 N–H and O–H groups in total. The Kier molecular flexibility index (Phi) is 2.73. The molecule has 1 aromatic carbocycles. The maximum atomic E-state index is 9.79. The van der Waals surface area contributed by atoms with Crippen molar-refractivity contribution in [3.05, 3.63) is 29.8 Å². The van der Waals surface area contributed by atoms with Gasteiger partial charge in [-0.15, -0.1) is 0 Å². The first-order valence-electron chi connectivity index (χ1n) is 6.03. The zero-order valence-corrected chi connectivity index (χ0v) is 9.60. The number of ether oxygens (including phenoxy) is 1. The van der Waals surface area contributed by atoms with Gasteiger partial charge < -0.3 is 15.2 Å². The van der Waals surface area contributed by atoms with Crippen LogP contribution in [0.25, 0.3) is 0 Å². The van der Waals surface area contributed by atoms with E-state index in [0.29, 0.717) is 18.3 Å². The van der Waals surface area contributed by atoms with Gasteiger partial charge in [0.05, 0.1) is 0 Å². The van der Waals surface area contributed by atoms with Crippen molar-refractivity contribution in [2.45, 2.75) is 12.5 Å². The number of rotatable bonds is 2. The molecule has 1 fully saturated rings. The fraction of sp³-hybridized carbons (Fsp3) is 0.462. The van der Waals surface area contributed by atoms with E-state index in [1.54, 1.807) is 6.07 Å². The zero-order chi connectivity index (χ0) is 11.7. The van der Waals surface area contributed by atoms with Crippen molar-refractivity contribution in [1.82, 2.24) is 5.32 Å².